The number of fused-ring (bicyclic) bond motifs is 1. The molecule has 1 aliphatic rings. The average Bonchev–Trinajstić information content (AvgIpc) is 3.34. The monoisotopic (exact) mass is 504 g/mol. The van der Waals surface area contributed by atoms with E-state index in [0.717, 1.165) is 55.3 Å². The number of aryl methyl sites for hydroxylation is 1. The van der Waals surface area contributed by atoms with Gasteiger partial charge in [0.05, 0.1) is 11.0 Å². The fourth-order valence-electron chi connectivity index (χ4n) is 3.68. The maximum Gasteiger partial charge on any atom is 0.191 e. The summed E-state index contributed by atoms with van der Waals surface area (Å²) in [7, 11) is 1.82. The van der Waals surface area contributed by atoms with Gasteiger partial charge in [-0.1, -0.05) is 29.8 Å². The molecule has 3 aromatic rings. The molecule has 1 aromatic heterocycles. The molecule has 1 unspecified atom stereocenters. The summed E-state index contributed by atoms with van der Waals surface area (Å²) in [6.45, 7) is 4.97. The van der Waals surface area contributed by atoms with E-state index in [1.54, 1.807) is 0 Å². The van der Waals surface area contributed by atoms with Crippen LogP contribution in [-0.2, 0) is 6.42 Å². The molecule has 1 aliphatic heterocycles. The number of aromatic nitrogens is 2. The summed E-state index contributed by atoms with van der Waals surface area (Å²) >= 11 is 0. The quantitative estimate of drug-likeness (QED) is 0.283. The van der Waals surface area contributed by atoms with Crippen molar-refractivity contribution in [1.82, 2.24) is 20.6 Å². The van der Waals surface area contributed by atoms with E-state index in [1.165, 1.54) is 11.3 Å². The van der Waals surface area contributed by atoms with E-state index in [0.29, 0.717) is 6.04 Å². The number of nitrogens with one attached hydrogen (secondary N) is 3. The standard InChI is InChI=1S/C22H28N6.HI/c1-16-7-9-18(10-8-16)28-14-12-17(15-28)25-22(23-2)24-13-11-21-26-19-5-3-4-6-20(19)27-21;/h3-10,17H,11-15H2,1-2H3,(H,26,27)(H2,23,24,25);1H. The number of aromatic amines is 1. The van der Waals surface area contributed by atoms with Gasteiger partial charge in [0.2, 0.25) is 0 Å². The van der Waals surface area contributed by atoms with Crippen LogP contribution in [0.4, 0.5) is 5.69 Å². The van der Waals surface area contributed by atoms with Crippen molar-refractivity contribution in [3.05, 3.63) is 59.9 Å². The normalized spacial score (nSPS) is 16.7. The third-order valence-corrected chi connectivity index (χ3v) is 5.24. The Balaban J connectivity index is 0.00000240. The lowest BCUT2D eigenvalue weighted by Gasteiger charge is -2.20. The molecular formula is C22H29IN6. The Morgan fingerprint density at radius 1 is 1.21 bits per heavy atom. The number of hydrogen-bond acceptors (Lipinski definition) is 3. The molecule has 4 rings (SSSR count). The number of guanidine groups is 1. The molecule has 0 amide bonds. The molecule has 154 valence electrons. The third kappa shape index (κ3) is 5.41. The summed E-state index contributed by atoms with van der Waals surface area (Å²) in [4.78, 5) is 14.8. The minimum atomic E-state index is 0. The fraction of sp³-hybridized carbons (Fsp3) is 0.364. The number of imidazole rings is 1. The van der Waals surface area contributed by atoms with Gasteiger partial charge >= 0.3 is 0 Å². The van der Waals surface area contributed by atoms with E-state index in [1.807, 2.05) is 25.2 Å². The van der Waals surface area contributed by atoms with Crippen LogP contribution in [0.15, 0.2) is 53.5 Å². The Morgan fingerprint density at radius 2 is 2.00 bits per heavy atom. The Labute approximate surface area is 189 Å². The van der Waals surface area contributed by atoms with Crippen LogP contribution >= 0.6 is 24.0 Å². The second-order valence-electron chi connectivity index (χ2n) is 7.36. The summed E-state index contributed by atoms with van der Waals surface area (Å²) in [5.41, 5.74) is 4.69. The highest BCUT2D eigenvalue weighted by Crippen LogP contribution is 2.20. The van der Waals surface area contributed by atoms with Crippen molar-refractivity contribution in [2.75, 3.05) is 31.6 Å². The van der Waals surface area contributed by atoms with E-state index >= 15 is 0 Å². The summed E-state index contributed by atoms with van der Waals surface area (Å²) in [6, 6.07) is 17.3. The molecule has 2 aromatic carbocycles. The lowest BCUT2D eigenvalue weighted by atomic mass is 10.2. The maximum absolute atomic E-state index is 4.63. The second kappa shape index (κ2) is 9.96. The van der Waals surface area contributed by atoms with Crippen LogP contribution in [0.5, 0.6) is 0 Å². The van der Waals surface area contributed by atoms with Gasteiger partial charge in [-0.15, -0.1) is 24.0 Å². The highest BCUT2D eigenvalue weighted by atomic mass is 127. The van der Waals surface area contributed by atoms with Crippen molar-refractivity contribution in [3.8, 4) is 0 Å². The lowest BCUT2D eigenvalue weighted by molar-refractivity contribution is 0.647. The van der Waals surface area contributed by atoms with Gasteiger partial charge in [-0.3, -0.25) is 4.99 Å². The number of halogens is 1. The first kappa shape index (κ1) is 21.4. The van der Waals surface area contributed by atoms with Crippen molar-refractivity contribution in [1.29, 1.82) is 0 Å². The Morgan fingerprint density at radius 3 is 2.76 bits per heavy atom. The lowest BCUT2D eigenvalue weighted by Crippen LogP contribution is -2.45. The van der Waals surface area contributed by atoms with Gasteiger partial charge in [0.25, 0.3) is 0 Å². The van der Waals surface area contributed by atoms with Crippen LogP contribution in [0.25, 0.3) is 11.0 Å². The van der Waals surface area contributed by atoms with Crippen LogP contribution in [0.1, 0.15) is 17.8 Å². The molecule has 1 atom stereocenters. The highest BCUT2D eigenvalue weighted by Gasteiger charge is 2.23. The van der Waals surface area contributed by atoms with Crippen LogP contribution in [0.3, 0.4) is 0 Å². The average molecular weight is 504 g/mol. The maximum atomic E-state index is 4.63. The van der Waals surface area contributed by atoms with Crippen LogP contribution in [0, 0.1) is 6.92 Å². The first-order valence-corrected chi connectivity index (χ1v) is 9.94. The van der Waals surface area contributed by atoms with Crippen LogP contribution in [0.2, 0.25) is 0 Å². The number of anilines is 1. The molecule has 0 aliphatic carbocycles. The van der Waals surface area contributed by atoms with Crippen LogP contribution < -0.4 is 15.5 Å². The molecule has 2 heterocycles. The number of nitrogens with zero attached hydrogens (tertiary/aromatic N) is 3. The van der Waals surface area contributed by atoms with E-state index in [2.05, 4.69) is 67.7 Å². The van der Waals surface area contributed by atoms with Crippen molar-refractivity contribution in [3.63, 3.8) is 0 Å². The minimum absolute atomic E-state index is 0. The topological polar surface area (TPSA) is 68.3 Å². The Kier molecular flexibility index (Phi) is 7.35. The molecule has 1 saturated heterocycles. The number of benzene rings is 2. The SMILES string of the molecule is CN=C(NCCc1nc2ccccc2[nH]1)NC1CCN(c2ccc(C)cc2)C1.I. The molecule has 7 heteroatoms. The summed E-state index contributed by atoms with van der Waals surface area (Å²) in [5.74, 6) is 1.85. The predicted molar refractivity (Wildman–Crippen MR) is 132 cm³/mol. The first-order valence-electron chi connectivity index (χ1n) is 9.94. The summed E-state index contributed by atoms with van der Waals surface area (Å²) in [5, 5.41) is 6.97. The number of H-pyrrole nitrogens is 1. The van der Waals surface area contributed by atoms with Gasteiger partial charge < -0.3 is 20.5 Å². The van der Waals surface area contributed by atoms with Crippen molar-refractivity contribution >= 4 is 46.7 Å². The Bertz CT molecular complexity index is 916. The molecule has 0 radical (unpaired) electrons. The molecule has 1 fully saturated rings. The smallest absolute Gasteiger partial charge is 0.191 e. The summed E-state index contributed by atoms with van der Waals surface area (Å²) < 4.78 is 0. The van der Waals surface area contributed by atoms with Crippen molar-refractivity contribution in [2.24, 2.45) is 4.99 Å². The zero-order valence-corrected chi connectivity index (χ0v) is 19.3. The molecule has 0 bridgehead atoms. The predicted octanol–water partition coefficient (Wildman–Crippen LogP) is 3.48. The Hall–Kier alpha value is -2.29. The number of para-hydroxylation sites is 2. The van der Waals surface area contributed by atoms with Gasteiger partial charge in [-0.2, -0.15) is 0 Å². The number of aliphatic imine (C=N–C) groups is 1. The van der Waals surface area contributed by atoms with E-state index in [9.17, 15) is 0 Å². The molecule has 3 N–H and O–H groups in total. The molecule has 6 nitrogen and oxygen atoms in total. The first-order chi connectivity index (χ1) is 13.7. The molecule has 0 spiro atoms. The third-order valence-electron chi connectivity index (χ3n) is 5.24. The second-order valence-corrected chi connectivity index (χ2v) is 7.36. The fourth-order valence-corrected chi connectivity index (χ4v) is 3.68. The van der Waals surface area contributed by atoms with Crippen molar-refractivity contribution < 1.29 is 0 Å². The number of hydrogen-bond donors (Lipinski definition) is 3. The number of rotatable bonds is 5. The van der Waals surface area contributed by atoms with Gasteiger partial charge in [-0.05, 0) is 37.6 Å². The van der Waals surface area contributed by atoms with Gasteiger partial charge in [0.1, 0.15) is 5.82 Å². The van der Waals surface area contributed by atoms with Gasteiger partial charge in [0.15, 0.2) is 5.96 Å². The van der Waals surface area contributed by atoms with Gasteiger partial charge in [0, 0.05) is 44.8 Å². The largest absolute Gasteiger partial charge is 0.369 e. The summed E-state index contributed by atoms with van der Waals surface area (Å²) in [6.07, 6.45) is 1.94. The van der Waals surface area contributed by atoms with E-state index < -0.39 is 0 Å². The molecule has 0 saturated carbocycles. The van der Waals surface area contributed by atoms with E-state index in [-0.39, 0.29) is 24.0 Å². The van der Waals surface area contributed by atoms with Crippen molar-refractivity contribution in [2.45, 2.75) is 25.8 Å². The molecule has 29 heavy (non-hydrogen) atoms. The van der Waals surface area contributed by atoms with Gasteiger partial charge in [-0.25, -0.2) is 4.98 Å². The van der Waals surface area contributed by atoms with Crippen LogP contribution in [-0.4, -0.2) is 48.7 Å². The van der Waals surface area contributed by atoms with E-state index in [4.69, 9.17) is 0 Å². The highest BCUT2D eigenvalue weighted by molar-refractivity contribution is 14.0. The zero-order chi connectivity index (χ0) is 19.3. The minimum Gasteiger partial charge on any atom is -0.369 e. The zero-order valence-electron chi connectivity index (χ0n) is 17.0. The molecular weight excluding hydrogens is 475 g/mol.